The first-order valence-electron chi connectivity index (χ1n) is 9.49. The second-order valence-electron chi connectivity index (χ2n) is 7.24. The maximum atomic E-state index is 13.6. The van der Waals surface area contributed by atoms with Gasteiger partial charge < -0.3 is 0 Å². The number of halogens is 3. The Morgan fingerprint density at radius 3 is 2.70 bits per heavy atom. The van der Waals surface area contributed by atoms with Crippen LogP contribution in [0.5, 0.6) is 0 Å². The average molecular weight is 429 g/mol. The third-order valence-electron chi connectivity index (χ3n) is 4.97. The molecule has 1 aliphatic heterocycles. The molecule has 0 fully saturated rings. The van der Waals surface area contributed by atoms with Crippen LogP contribution < -0.4 is 0 Å². The van der Waals surface area contributed by atoms with Crippen LogP contribution in [-0.4, -0.2) is 26.9 Å². The van der Waals surface area contributed by atoms with Gasteiger partial charge in [-0.1, -0.05) is 35.9 Å². The number of hydrazone groups is 1. The molecule has 0 saturated heterocycles. The van der Waals surface area contributed by atoms with E-state index in [1.807, 2.05) is 18.3 Å². The minimum absolute atomic E-state index is 0.187. The van der Waals surface area contributed by atoms with Crippen LogP contribution in [0.4, 0.5) is 8.78 Å². The van der Waals surface area contributed by atoms with Crippen LogP contribution in [-0.2, 0) is 11.3 Å². The summed E-state index contributed by atoms with van der Waals surface area (Å²) in [5.74, 6) is -1.58. The van der Waals surface area contributed by atoms with E-state index >= 15 is 0 Å². The van der Waals surface area contributed by atoms with Crippen molar-refractivity contribution in [3.05, 3.63) is 77.0 Å². The Kier molecular flexibility index (Phi) is 5.63. The van der Waals surface area contributed by atoms with Gasteiger partial charge in [0.15, 0.2) is 0 Å². The molecular weight excluding hydrogens is 410 g/mol. The Hall–Kier alpha value is -3.06. The second kappa shape index (κ2) is 8.36. The minimum atomic E-state index is -0.676. The van der Waals surface area contributed by atoms with Crippen molar-refractivity contribution in [3.63, 3.8) is 0 Å². The second-order valence-corrected chi connectivity index (χ2v) is 7.65. The summed E-state index contributed by atoms with van der Waals surface area (Å²) in [6, 6.07) is 8.34. The van der Waals surface area contributed by atoms with Gasteiger partial charge in [0.05, 0.1) is 17.6 Å². The van der Waals surface area contributed by atoms with Gasteiger partial charge in [0.25, 0.3) is 0 Å². The molecule has 1 amide bonds. The van der Waals surface area contributed by atoms with Crippen molar-refractivity contribution < 1.29 is 13.6 Å². The van der Waals surface area contributed by atoms with Crippen LogP contribution in [0.25, 0.3) is 10.9 Å². The highest BCUT2D eigenvalue weighted by molar-refractivity contribution is 6.35. The zero-order chi connectivity index (χ0) is 21.3. The monoisotopic (exact) mass is 428 g/mol. The first-order valence-corrected chi connectivity index (χ1v) is 9.87. The predicted molar refractivity (Wildman–Crippen MR) is 112 cm³/mol. The molecule has 8 heteroatoms. The SMILES string of the molecule is C=C(CCC(=O)N1N=CCC1c1cc(F)cc(F)c1)Cn1cc2cccc(Cl)c2n1. The Labute approximate surface area is 177 Å². The highest BCUT2D eigenvalue weighted by atomic mass is 35.5. The lowest BCUT2D eigenvalue weighted by Crippen LogP contribution is -2.27. The maximum Gasteiger partial charge on any atom is 0.243 e. The van der Waals surface area contributed by atoms with Crippen molar-refractivity contribution in [3.8, 4) is 0 Å². The van der Waals surface area contributed by atoms with Crippen LogP contribution in [0, 0.1) is 11.6 Å². The van der Waals surface area contributed by atoms with Crippen molar-refractivity contribution in [1.29, 1.82) is 0 Å². The number of fused-ring (bicyclic) bond motifs is 1. The normalized spacial score (nSPS) is 15.8. The van der Waals surface area contributed by atoms with E-state index in [0.29, 0.717) is 30.0 Å². The average Bonchev–Trinajstić information content (AvgIpc) is 3.33. The minimum Gasteiger partial charge on any atom is -0.273 e. The molecule has 0 bridgehead atoms. The van der Waals surface area contributed by atoms with Crippen molar-refractivity contribution in [2.45, 2.75) is 31.8 Å². The van der Waals surface area contributed by atoms with E-state index in [2.05, 4.69) is 16.8 Å². The molecule has 3 aromatic rings. The standard InChI is InChI=1S/C22H19ClF2N4O/c1-14(12-28-13-15-3-2-4-19(23)22(15)27-28)5-6-21(30)29-20(7-8-26-29)16-9-17(24)11-18(25)10-16/h2-4,8-11,13,20H,1,5-7,12H2. The number of aromatic nitrogens is 2. The van der Waals surface area contributed by atoms with E-state index in [1.165, 1.54) is 17.1 Å². The quantitative estimate of drug-likeness (QED) is 0.502. The topological polar surface area (TPSA) is 50.5 Å². The lowest BCUT2D eigenvalue weighted by Gasteiger charge is -2.22. The Morgan fingerprint density at radius 2 is 1.97 bits per heavy atom. The molecular formula is C22H19ClF2N4O. The third-order valence-corrected chi connectivity index (χ3v) is 5.27. The number of nitrogens with zero attached hydrogens (tertiary/aromatic N) is 4. The van der Waals surface area contributed by atoms with Crippen molar-refractivity contribution in [2.75, 3.05) is 0 Å². The molecule has 0 saturated carbocycles. The number of hydrogen-bond acceptors (Lipinski definition) is 3. The molecule has 0 aliphatic carbocycles. The Morgan fingerprint density at radius 1 is 1.20 bits per heavy atom. The summed E-state index contributed by atoms with van der Waals surface area (Å²) < 4.78 is 28.9. The van der Waals surface area contributed by atoms with E-state index in [-0.39, 0.29) is 12.3 Å². The largest absolute Gasteiger partial charge is 0.273 e. The van der Waals surface area contributed by atoms with Crippen molar-refractivity contribution >= 4 is 34.6 Å². The van der Waals surface area contributed by atoms with E-state index in [1.54, 1.807) is 17.0 Å². The summed E-state index contributed by atoms with van der Waals surface area (Å²) in [5.41, 5.74) is 1.93. The van der Waals surface area contributed by atoms with Crippen molar-refractivity contribution in [1.82, 2.24) is 14.8 Å². The summed E-state index contributed by atoms with van der Waals surface area (Å²) in [4.78, 5) is 12.7. The number of carbonyl (C=O) groups is 1. The summed E-state index contributed by atoms with van der Waals surface area (Å²) >= 11 is 6.16. The van der Waals surface area contributed by atoms with Gasteiger partial charge >= 0.3 is 0 Å². The fraction of sp³-hybridized carbons (Fsp3) is 0.227. The molecule has 0 N–H and O–H groups in total. The van der Waals surface area contributed by atoms with E-state index in [0.717, 1.165) is 22.5 Å². The summed E-state index contributed by atoms with van der Waals surface area (Å²) in [7, 11) is 0. The fourth-order valence-corrected chi connectivity index (χ4v) is 3.76. The molecule has 30 heavy (non-hydrogen) atoms. The van der Waals surface area contributed by atoms with Crippen LogP contribution in [0.1, 0.15) is 30.9 Å². The molecule has 1 atom stereocenters. The van der Waals surface area contributed by atoms with Crippen molar-refractivity contribution in [2.24, 2.45) is 5.10 Å². The fourth-order valence-electron chi connectivity index (χ4n) is 3.55. The Balaban J connectivity index is 1.37. The lowest BCUT2D eigenvalue weighted by molar-refractivity contribution is -0.133. The van der Waals surface area contributed by atoms with E-state index < -0.39 is 17.7 Å². The molecule has 1 aromatic heterocycles. The number of rotatable bonds is 6. The zero-order valence-corrected chi connectivity index (χ0v) is 16.8. The molecule has 0 radical (unpaired) electrons. The van der Waals surface area contributed by atoms with Gasteiger partial charge in [-0.15, -0.1) is 0 Å². The predicted octanol–water partition coefficient (Wildman–Crippen LogP) is 5.26. The zero-order valence-electron chi connectivity index (χ0n) is 16.1. The number of allylic oxidation sites excluding steroid dienone is 1. The van der Waals surface area contributed by atoms with Gasteiger partial charge in [-0.05, 0) is 30.2 Å². The summed E-state index contributed by atoms with van der Waals surface area (Å²) in [6.45, 7) is 4.50. The smallest absolute Gasteiger partial charge is 0.243 e. The first-order chi connectivity index (χ1) is 14.4. The molecule has 1 aliphatic rings. The molecule has 1 unspecified atom stereocenters. The first kappa shape index (κ1) is 20.2. The van der Waals surface area contributed by atoms with Crippen LogP contribution in [0.3, 0.4) is 0 Å². The molecule has 2 heterocycles. The van der Waals surface area contributed by atoms with Gasteiger partial charge in [0.2, 0.25) is 5.91 Å². The van der Waals surface area contributed by atoms with E-state index in [4.69, 9.17) is 11.6 Å². The molecule has 154 valence electrons. The van der Waals surface area contributed by atoms with E-state index in [9.17, 15) is 13.6 Å². The van der Waals surface area contributed by atoms with Gasteiger partial charge in [-0.3, -0.25) is 9.48 Å². The van der Waals surface area contributed by atoms with Gasteiger partial charge in [0, 0.05) is 36.7 Å². The molecule has 2 aromatic carbocycles. The lowest BCUT2D eigenvalue weighted by atomic mass is 10.0. The maximum absolute atomic E-state index is 13.6. The number of amides is 1. The summed E-state index contributed by atoms with van der Waals surface area (Å²) in [5, 5.41) is 11.4. The number of benzene rings is 2. The van der Waals surface area contributed by atoms with Gasteiger partial charge in [0.1, 0.15) is 17.2 Å². The number of hydrogen-bond donors (Lipinski definition) is 0. The highest BCUT2D eigenvalue weighted by Crippen LogP contribution is 2.30. The molecule has 0 spiro atoms. The van der Waals surface area contributed by atoms with Gasteiger partial charge in [-0.2, -0.15) is 10.2 Å². The van der Waals surface area contributed by atoms with Crippen LogP contribution in [0.2, 0.25) is 5.02 Å². The third kappa shape index (κ3) is 4.26. The Bertz CT molecular complexity index is 1140. The molecule has 5 nitrogen and oxygen atoms in total. The van der Waals surface area contributed by atoms with Gasteiger partial charge in [-0.25, -0.2) is 13.8 Å². The molecule has 4 rings (SSSR count). The van der Waals surface area contributed by atoms with Crippen LogP contribution in [0.15, 0.2) is 59.8 Å². The van der Waals surface area contributed by atoms with Crippen LogP contribution >= 0.6 is 11.6 Å². The summed E-state index contributed by atoms with van der Waals surface area (Å²) in [6.07, 6.45) is 4.51. The highest BCUT2D eigenvalue weighted by Gasteiger charge is 2.28. The number of carbonyl (C=O) groups excluding carboxylic acids is 1.